The minimum Gasteiger partial charge on any atom is -0.299 e. The highest BCUT2D eigenvalue weighted by molar-refractivity contribution is 5.82. The molecule has 0 spiro atoms. The van der Waals surface area contributed by atoms with Gasteiger partial charge in [0.1, 0.15) is 5.78 Å². The molecule has 0 bridgehead atoms. The molecule has 1 nitrogen and oxygen atoms in total. The van der Waals surface area contributed by atoms with Gasteiger partial charge in [0.05, 0.1) is 0 Å². The molecular formula is C11H14O. The van der Waals surface area contributed by atoms with Crippen LogP contribution in [0.3, 0.4) is 0 Å². The van der Waals surface area contributed by atoms with Crippen molar-refractivity contribution in [3.05, 3.63) is 23.3 Å². The van der Waals surface area contributed by atoms with Crippen LogP contribution in [0.2, 0.25) is 0 Å². The predicted octanol–water partition coefficient (Wildman–Crippen LogP) is 2.78. The van der Waals surface area contributed by atoms with Crippen LogP contribution in [0.5, 0.6) is 0 Å². The van der Waals surface area contributed by atoms with Crippen molar-refractivity contribution in [2.45, 2.75) is 38.5 Å². The van der Waals surface area contributed by atoms with Crippen LogP contribution >= 0.6 is 0 Å². The molecule has 0 atom stereocenters. The molecule has 0 aromatic heterocycles. The van der Waals surface area contributed by atoms with E-state index in [2.05, 4.69) is 12.2 Å². The number of allylic oxidation sites excluding steroid dienone is 4. The Bertz CT molecular complexity index is 254. The fourth-order valence-electron chi connectivity index (χ4n) is 2.04. The number of rotatable bonds is 0. The summed E-state index contributed by atoms with van der Waals surface area (Å²) in [5.41, 5.74) is 2.99. The smallest absolute Gasteiger partial charge is 0.137 e. The van der Waals surface area contributed by atoms with E-state index in [0.717, 1.165) is 25.7 Å². The molecular weight excluding hydrogens is 148 g/mol. The summed E-state index contributed by atoms with van der Waals surface area (Å²) in [5, 5.41) is 0. The maximum atomic E-state index is 11.2. The van der Waals surface area contributed by atoms with Crippen LogP contribution in [0.25, 0.3) is 0 Å². The third kappa shape index (κ3) is 1.50. The van der Waals surface area contributed by atoms with E-state index in [1.165, 1.54) is 18.4 Å². The lowest BCUT2D eigenvalue weighted by atomic mass is 9.88. The van der Waals surface area contributed by atoms with Crippen molar-refractivity contribution in [1.29, 1.82) is 0 Å². The first-order valence-electron chi connectivity index (χ1n) is 4.73. The van der Waals surface area contributed by atoms with Gasteiger partial charge in [-0.15, -0.1) is 0 Å². The van der Waals surface area contributed by atoms with Crippen LogP contribution < -0.4 is 0 Å². The van der Waals surface area contributed by atoms with Gasteiger partial charge in [-0.25, -0.2) is 0 Å². The molecule has 0 unspecified atom stereocenters. The van der Waals surface area contributed by atoms with Crippen LogP contribution in [0, 0.1) is 0 Å². The SMILES string of the molecule is O=C1CCC2=C(CC=CCC2)C1. The molecule has 2 aliphatic carbocycles. The van der Waals surface area contributed by atoms with E-state index < -0.39 is 0 Å². The molecule has 0 aromatic rings. The van der Waals surface area contributed by atoms with Gasteiger partial charge >= 0.3 is 0 Å². The second-order valence-electron chi connectivity index (χ2n) is 3.64. The Morgan fingerprint density at radius 3 is 2.83 bits per heavy atom. The highest BCUT2D eigenvalue weighted by atomic mass is 16.1. The Hall–Kier alpha value is -0.850. The van der Waals surface area contributed by atoms with Gasteiger partial charge in [0, 0.05) is 12.8 Å². The van der Waals surface area contributed by atoms with E-state index in [0.29, 0.717) is 5.78 Å². The molecule has 0 fully saturated rings. The van der Waals surface area contributed by atoms with Gasteiger partial charge in [-0.1, -0.05) is 23.3 Å². The summed E-state index contributed by atoms with van der Waals surface area (Å²) in [7, 11) is 0. The normalized spacial score (nSPS) is 23.8. The molecule has 0 radical (unpaired) electrons. The van der Waals surface area contributed by atoms with E-state index >= 15 is 0 Å². The van der Waals surface area contributed by atoms with Crippen molar-refractivity contribution in [2.24, 2.45) is 0 Å². The topological polar surface area (TPSA) is 17.1 Å². The average molecular weight is 162 g/mol. The van der Waals surface area contributed by atoms with Crippen molar-refractivity contribution in [1.82, 2.24) is 0 Å². The summed E-state index contributed by atoms with van der Waals surface area (Å²) < 4.78 is 0. The van der Waals surface area contributed by atoms with Crippen LogP contribution in [-0.4, -0.2) is 5.78 Å². The quantitative estimate of drug-likeness (QED) is 0.500. The van der Waals surface area contributed by atoms with Crippen LogP contribution in [0.1, 0.15) is 38.5 Å². The zero-order chi connectivity index (χ0) is 8.39. The van der Waals surface area contributed by atoms with Crippen molar-refractivity contribution < 1.29 is 4.79 Å². The summed E-state index contributed by atoms with van der Waals surface area (Å²) in [6.45, 7) is 0. The molecule has 12 heavy (non-hydrogen) atoms. The Labute approximate surface area is 73.2 Å². The first kappa shape index (κ1) is 7.78. The summed E-state index contributed by atoms with van der Waals surface area (Å²) in [5.74, 6) is 0.434. The first-order chi connectivity index (χ1) is 5.86. The number of hydrogen-bond acceptors (Lipinski definition) is 1. The first-order valence-corrected chi connectivity index (χ1v) is 4.73. The molecule has 0 heterocycles. The Kier molecular flexibility index (Phi) is 2.11. The number of Topliss-reactive ketones (excluding diaryl/α,β-unsaturated/α-hetero) is 1. The van der Waals surface area contributed by atoms with Crippen molar-refractivity contribution in [3.63, 3.8) is 0 Å². The number of hydrogen-bond donors (Lipinski definition) is 0. The summed E-state index contributed by atoms with van der Waals surface area (Å²) in [6.07, 6.45) is 10.4. The average Bonchev–Trinajstić information content (AvgIpc) is 2.28. The van der Waals surface area contributed by atoms with E-state index in [1.54, 1.807) is 5.57 Å². The molecule has 64 valence electrons. The maximum Gasteiger partial charge on any atom is 0.137 e. The molecule has 2 rings (SSSR count). The Balaban J connectivity index is 2.20. The zero-order valence-corrected chi connectivity index (χ0v) is 7.31. The Morgan fingerprint density at radius 1 is 1.00 bits per heavy atom. The van der Waals surface area contributed by atoms with E-state index in [4.69, 9.17) is 0 Å². The lowest BCUT2D eigenvalue weighted by Gasteiger charge is -2.16. The van der Waals surface area contributed by atoms with Gasteiger partial charge in [0.2, 0.25) is 0 Å². The fourth-order valence-corrected chi connectivity index (χ4v) is 2.04. The third-order valence-electron chi connectivity index (χ3n) is 2.76. The fraction of sp³-hybridized carbons (Fsp3) is 0.545. The molecule has 0 saturated heterocycles. The molecule has 0 aliphatic heterocycles. The molecule has 1 heteroatoms. The molecule has 0 saturated carbocycles. The highest BCUT2D eigenvalue weighted by Crippen LogP contribution is 2.30. The number of carbonyl (C=O) groups is 1. The second-order valence-corrected chi connectivity index (χ2v) is 3.64. The van der Waals surface area contributed by atoms with Gasteiger partial charge in [0.15, 0.2) is 0 Å². The second kappa shape index (κ2) is 3.26. The van der Waals surface area contributed by atoms with Gasteiger partial charge in [0.25, 0.3) is 0 Å². The predicted molar refractivity (Wildman–Crippen MR) is 48.9 cm³/mol. The van der Waals surface area contributed by atoms with Crippen LogP contribution in [0.15, 0.2) is 23.3 Å². The highest BCUT2D eigenvalue weighted by Gasteiger charge is 2.17. The largest absolute Gasteiger partial charge is 0.299 e. The summed E-state index contributed by atoms with van der Waals surface area (Å²) in [4.78, 5) is 11.2. The summed E-state index contributed by atoms with van der Waals surface area (Å²) >= 11 is 0. The summed E-state index contributed by atoms with van der Waals surface area (Å²) in [6, 6.07) is 0. The van der Waals surface area contributed by atoms with Crippen molar-refractivity contribution in [3.8, 4) is 0 Å². The van der Waals surface area contributed by atoms with Gasteiger partial charge in [-0.2, -0.15) is 0 Å². The van der Waals surface area contributed by atoms with E-state index in [1.807, 2.05) is 0 Å². The molecule has 0 aromatic carbocycles. The van der Waals surface area contributed by atoms with Gasteiger partial charge in [-0.05, 0) is 25.7 Å². The molecule has 2 aliphatic rings. The number of ketones is 1. The lowest BCUT2D eigenvalue weighted by molar-refractivity contribution is -0.118. The minimum absolute atomic E-state index is 0.434. The Morgan fingerprint density at radius 2 is 1.92 bits per heavy atom. The number of carbonyl (C=O) groups excluding carboxylic acids is 1. The standard InChI is InChI=1S/C11H14O/c12-11-7-6-9-4-2-1-3-5-10(9)8-11/h1,3H,2,4-8H2. The molecule has 0 N–H and O–H groups in total. The van der Waals surface area contributed by atoms with Crippen LogP contribution in [0.4, 0.5) is 0 Å². The van der Waals surface area contributed by atoms with Gasteiger partial charge in [-0.3, -0.25) is 4.79 Å². The van der Waals surface area contributed by atoms with Crippen molar-refractivity contribution in [2.75, 3.05) is 0 Å². The lowest BCUT2D eigenvalue weighted by Crippen LogP contribution is -2.08. The zero-order valence-electron chi connectivity index (χ0n) is 7.31. The van der Waals surface area contributed by atoms with Gasteiger partial charge < -0.3 is 0 Å². The van der Waals surface area contributed by atoms with E-state index in [9.17, 15) is 4.79 Å². The van der Waals surface area contributed by atoms with Crippen LogP contribution in [-0.2, 0) is 4.79 Å². The van der Waals surface area contributed by atoms with Crippen molar-refractivity contribution >= 4 is 5.78 Å². The third-order valence-corrected chi connectivity index (χ3v) is 2.76. The minimum atomic E-state index is 0.434. The van der Waals surface area contributed by atoms with E-state index in [-0.39, 0.29) is 0 Å². The maximum absolute atomic E-state index is 11.2. The monoisotopic (exact) mass is 162 g/mol. The molecule has 0 amide bonds.